The SMILES string of the molecule is C[C@H]1CCCCN1C(=O)Cn1c2ccc(F)cc2c2ncn(Cc3ccccc3Cl)c(=O)c21. The van der Waals surface area contributed by atoms with Gasteiger partial charge in [0.25, 0.3) is 5.56 Å². The Hall–Kier alpha value is -3.19. The van der Waals surface area contributed by atoms with E-state index >= 15 is 0 Å². The van der Waals surface area contributed by atoms with Crippen molar-refractivity contribution in [2.24, 2.45) is 0 Å². The number of aromatic nitrogens is 3. The minimum Gasteiger partial charge on any atom is -0.338 e. The molecular formula is C25H24ClFN4O2. The third-order valence-corrected chi connectivity index (χ3v) is 6.87. The van der Waals surface area contributed by atoms with Crippen LogP contribution in [0.2, 0.25) is 5.02 Å². The molecule has 6 nitrogen and oxygen atoms in total. The van der Waals surface area contributed by atoms with Crippen LogP contribution in [0, 0.1) is 5.82 Å². The molecule has 33 heavy (non-hydrogen) atoms. The van der Waals surface area contributed by atoms with E-state index in [9.17, 15) is 14.0 Å². The lowest BCUT2D eigenvalue weighted by atomic mass is 10.0. The fourth-order valence-corrected chi connectivity index (χ4v) is 4.95. The third kappa shape index (κ3) is 3.91. The lowest BCUT2D eigenvalue weighted by Crippen LogP contribution is -2.43. The predicted octanol–water partition coefficient (Wildman–Crippen LogP) is 4.59. The molecule has 0 radical (unpaired) electrons. The Bertz CT molecular complexity index is 1430. The quantitative estimate of drug-likeness (QED) is 0.442. The van der Waals surface area contributed by atoms with E-state index in [-0.39, 0.29) is 30.6 Å². The molecule has 1 aliphatic heterocycles. The van der Waals surface area contributed by atoms with Crippen LogP contribution in [-0.2, 0) is 17.9 Å². The van der Waals surface area contributed by atoms with Crippen molar-refractivity contribution in [1.82, 2.24) is 19.0 Å². The van der Waals surface area contributed by atoms with Crippen molar-refractivity contribution < 1.29 is 9.18 Å². The van der Waals surface area contributed by atoms with Crippen molar-refractivity contribution in [3.8, 4) is 0 Å². The van der Waals surface area contributed by atoms with Gasteiger partial charge in [0.1, 0.15) is 23.4 Å². The third-order valence-electron chi connectivity index (χ3n) is 6.50. The molecule has 1 atom stereocenters. The zero-order chi connectivity index (χ0) is 23.1. The Balaban J connectivity index is 1.65. The van der Waals surface area contributed by atoms with Crippen LogP contribution >= 0.6 is 11.6 Å². The first kappa shape index (κ1) is 21.6. The molecule has 1 amide bonds. The summed E-state index contributed by atoms with van der Waals surface area (Å²) in [7, 11) is 0. The molecule has 0 spiro atoms. The topological polar surface area (TPSA) is 60.1 Å². The van der Waals surface area contributed by atoms with Crippen molar-refractivity contribution in [2.75, 3.05) is 6.54 Å². The molecule has 8 heteroatoms. The Morgan fingerprint density at radius 3 is 2.82 bits per heavy atom. The van der Waals surface area contributed by atoms with Crippen LogP contribution in [0.25, 0.3) is 21.9 Å². The summed E-state index contributed by atoms with van der Waals surface area (Å²) in [4.78, 5) is 33.2. The normalized spacial score (nSPS) is 16.6. The second-order valence-electron chi connectivity index (χ2n) is 8.65. The molecular weight excluding hydrogens is 443 g/mol. The van der Waals surface area contributed by atoms with E-state index in [1.54, 1.807) is 16.7 Å². The highest BCUT2D eigenvalue weighted by molar-refractivity contribution is 6.31. The Kier molecular flexibility index (Phi) is 5.66. The van der Waals surface area contributed by atoms with Crippen LogP contribution in [0.1, 0.15) is 31.7 Å². The minimum atomic E-state index is -0.417. The summed E-state index contributed by atoms with van der Waals surface area (Å²) in [5.74, 6) is -0.467. The molecule has 0 N–H and O–H groups in total. The first-order valence-corrected chi connectivity index (χ1v) is 11.5. The monoisotopic (exact) mass is 466 g/mol. The van der Waals surface area contributed by atoms with Crippen molar-refractivity contribution in [3.05, 3.63) is 75.5 Å². The molecule has 2 aromatic carbocycles. The average Bonchev–Trinajstić information content (AvgIpc) is 3.10. The van der Waals surface area contributed by atoms with E-state index in [0.717, 1.165) is 24.8 Å². The highest BCUT2D eigenvalue weighted by Crippen LogP contribution is 2.27. The smallest absolute Gasteiger partial charge is 0.278 e. The van der Waals surface area contributed by atoms with Gasteiger partial charge in [-0.1, -0.05) is 29.8 Å². The predicted molar refractivity (Wildman–Crippen MR) is 127 cm³/mol. The second kappa shape index (κ2) is 8.63. The van der Waals surface area contributed by atoms with Crippen LogP contribution in [0.5, 0.6) is 0 Å². The number of nitrogens with zero attached hydrogens (tertiary/aromatic N) is 4. The molecule has 1 fully saturated rings. The molecule has 0 bridgehead atoms. The van der Waals surface area contributed by atoms with E-state index in [1.165, 1.54) is 23.0 Å². The number of carbonyl (C=O) groups excluding carboxylic acids is 1. The number of carbonyl (C=O) groups is 1. The number of rotatable bonds is 4. The Morgan fingerprint density at radius 2 is 2.03 bits per heavy atom. The second-order valence-corrected chi connectivity index (χ2v) is 9.05. The van der Waals surface area contributed by atoms with E-state index in [0.29, 0.717) is 33.5 Å². The number of fused-ring (bicyclic) bond motifs is 3. The van der Waals surface area contributed by atoms with Gasteiger partial charge >= 0.3 is 0 Å². The molecule has 4 aromatic rings. The minimum absolute atomic E-state index is 0.00298. The molecule has 170 valence electrons. The number of amides is 1. The van der Waals surface area contributed by atoms with E-state index in [2.05, 4.69) is 11.9 Å². The molecule has 2 aromatic heterocycles. The van der Waals surface area contributed by atoms with Gasteiger partial charge < -0.3 is 9.47 Å². The fourth-order valence-electron chi connectivity index (χ4n) is 4.75. The maximum absolute atomic E-state index is 14.1. The van der Waals surface area contributed by atoms with E-state index < -0.39 is 5.82 Å². The largest absolute Gasteiger partial charge is 0.338 e. The lowest BCUT2D eigenvalue weighted by Gasteiger charge is -2.33. The maximum Gasteiger partial charge on any atom is 0.278 e. The van der Waals surface area contributed by atoms with Crippen LogP contribution in [0.3, 0.4) is 0 Å². The number of likely N-dealkylation sites (tertiary alicyclic amines) is 1. The van der Waals surface area contributed by atoms with Crippen molar-refractivity contribution in [1.29, 1.82) is 0 Å². The summed E-state index contributed by atoms with van der Waals surface area (Å²) in [6.07, 6.45) is 4.50. The Labute approximate surface area is 195 Å². The molecule has 0 aliphatic carbocycles. The average molecular weight is 467 g/mol. The Morgan fingerprint density at radius 1 is 1.21 bits per heavy atom. The van der Waals surface area contributed by atoms with Gasteiger partial charge in [-0.25, -0.2) is 9.37 Å². The summed E-state index contributed by atoms with van der Waals surface area (Å²) in [5.41, 5.74) is 1.79. The lowest BCUT2D eigenvalue weighted by molar-refractivity contribution is -0.134. The molecule has 1 saturated heterocycles. The molecule has 1 aliphatic rings. The van der Waals surface area contributed by atoms with Gasteiger partial charge in [0.15, 0.2) is 0 Å². The van der Waals surface area contributed by atoms with Crippen LogP contribution in [0.4, 0.5) is 4.39 Å². The number of piperidine rings is 1. The van der Waals surface area contributed by atoms with Gasteiger partial charge in [0, 0.05) is 23.0 Å². The fraction of sp³-hybridized carbons (Fsp3) is 0.320. The highest BCUT2D eigenvalue weighted by Gasteiger charge is 2.26. The molecule has 0 unspecified atom stereocenters. The number of benzene rings is 2. The van der Waals surface area contributed by atoms with Crippen LogP contribution < -0.4 is 5.56 Å². The summed E-state index contributed by atoms with van der Waals surface area (Å²) < 4.78 is 17.2. The van der Waals surface area contributed by atoms with Crippen molar-refractivity contribution >= 4 is 39.4 Å². The molecule has 5 rings (SSSR count). The number of hydrogen-bond acceptors (Lipinski definition) is 3. The van der Waals surface area contributed by atoms with Crippen LogP contribution in [-0.4, -0.2) is 37.5 Å². The van der Waals surface area contributed by atoms with Gasteiger partial charge in [0.05, 0.1) is 18.4 Å². The summed E-state index contributed by atoms with van der Waals surface area (Å²) in [6, 6.07) is 11.8. The van der Waals surface area contributed by atoms with Crippen molar-refractivity contribution in [2.45, 2.75) is 45.3 Å². The number of halogens is 2. The zero-order valence-electron chi connectivity index (χ0n) is 18.3. The van der Waals surface area contributed by atoms with Crippen molar-refractivity contribution in [3.63, 3.8) is 0 Å². The first-order valence-electron chi connectivity index (χ1n) is 11.1. The van der Waals surface area contributed by atoms with E-state index in [1.807, 2.05) is 23.1 Å². The first-order chi connectivity index (χ1) is 15.9. The van der Waals surface area contributed by atoms with Gasteiger partial charge in [-0.15, -0.1) is 0 Å². The summed E-state index contributed by atoms with van der Waals surface area (Å²) in [6.45, 7) is 3.01. The molecule has 0 saturated carbocycles. The number of hydrogen-bond donors (Lipinski definition) is 0. The van der Waals surface area contributed by atoms with Crippen LogP contribution in [0.15, 0.2) is 53.6 Å². The zero-order valence-corrected chi connectivity index (χ0v) is 19.1. The highest BCUT2D eigenvalue weighted by atomic mass is 35.5. The maximum atomic E-state index is 14.1. The van der Waals surface area contributed by atoms with E-state index in [4.69, 9.17) is 11.6 Å². The van der Waals surface area contributed by atoms with Gasteiger partial charge in [-0.3, -0.25) is 14.2 Å². The van der Waals surface area contributed by atoms with Gasteiger partial charge in [-0.2, -0.15) is 0 Å². The summed E-state index contributed by atoms with van der Waals surface area (Å²) in [5, 5.41) is 1.08. The van der Waals surface area contributed by atoms with Gasteiger partial charge in [0.2, 0.25) is 5.91 Å². The molecule has 3 heterocycles. The standard InChI is InChI=1S/C25H24ClFN4O2/c1-16-6-4-5-11-30(16)22(32)14-31-21-10-9-18(27)12-19(21)23-24(31)25(33)29(15-28-23)13-17-7-2-3-8-20(17)26/h2-3,7-10,12,15-16H,4-6,11,13-14H2,1H3/t16-/m0/s1. The summed E-state index contributed by atoms with van der Waals surface area (Å²) >= 11 is 6.29. The van der Waals surface area contributed by atoms with Gasteiger partial charge in [-0.05, 0) is 56.0 Å².